The maximum absolute atomic E-state index is 5.86. The van der Waals surface area contributed by atoms with Gasteiger partial charge in [-0.25, -0.2) is 0 Å². The Kier molecular flexibility index (Phi) is 3.45. The lowest BCUT2D eigenvalue weighted by molar-refractivity contribution is 0.0562. The minimum absolute atomic E-state index is 0.518. The van der Waals surface area contributed by atoms with Crippen LogP contribution in [0.4, 0.5) is 0 Å². The van der Waals surface area contributed by atoms with Crippen LogP contribution >= 0.6 is 0 Å². The molecule has 0 spiro atoms. The quantitative estimate of drug-likeness (QED) is 0.915. The summed E-state index contributed by atoms with van der Waals surface area (Å²) in [5.41, 5.74) is 2.62. The number of hydrogen-bond donors (Lipinski definition) is 1. The molecule has 4 nitrogen and oxygen atoms in total. The predicted octanol–water partition coefficient (Wildman–Crippen LogP) is 1.93. The molecule has 0 unspecified atom stereocenters. The zero-order valence-electron chi connectivity index (χ0n) is 12.6. The van der Waals surface area contributed by atoms with Crippen LogP contribution in [-0.4, -0.2) is 60.7 Å². The molecule has 21 heavy (non-hydrogen) atoms. The monoisotopic (exact) mass is 285 g/mol. The van der Waals surface area contributed by atoms with Crippen molar-refractivity contribution < 1.29 is 4.74 Å². The Hall–Kier alpha value is -1.36. The molecule has 112 valence electrons. The fourth-order valence-electron chi connectivity index (χ4n) is 3.79. The third-order valence-corrected chi connectivity index (χ3v) is 4.77. The summed E-state index contributed by atoms with van der Waals surface area (Å²) >= 11 is 0. The molecule has 2 aromatic rings. The molecule has 0 radical (unpaired) electrons. The number of likely N-dealkylation sites (N-methyl/N-ethyl adjacent to an activating group) is 1. The number of ether oxygens (including phenoxy) is 1. The van der Waals surface area contributed by atoms with Crippen molar-refractivity contribution in [3.63, 3.8) is 0 Å². The molecule has 0 aliphatic carbocycles. The second kappa shape index (κ2) is 5.44. The average Bonchev–Trinajstić information content (AvgIpc) is 2.76. The fourth-order valence-corrected chi connectivity index (χ4v) is 3.79. The molecule has 1 N–H and O–H groups in total. The minimum Gasteiger partial charge on any atom is -0.379 e. The van der Waals surface area contributed by atoms with Gasteiger partial charge in [-0.3, -0.25) is 4.90 Å². The fraction of sp³-hybridized carbons (Fsp3) is 0.529. The first-order chi connectivity index (χ1) is 10.3. The van der Waals surface area contributed by atoms with Gasteiger partial charge in [-0.2, -0.15) is 0 Å². The van der Waals surface area contributed by atoms with Gasteiger partial charge < -0.3 is 14.6 Å². The molecule has 4 heteroatoms. The van der Waals surface area contributed by atoms with Gasteiger partial charge in [0.25, 0.3) is 0 Å². The van der Waals surface area contributed by atoms with Gasteiger partial charge in [-0.1, -0.05) is 6.07 Å². The van der Waals surface area contributed by atoms with Crippen molar-refractivity contribution in [2.24, 2.45) is 5.92 Å². The third-order valence-electron chi connectivity index (χ3n) is 4.77. The van der Waals surface area contributed by atoms with Crippen LogP contribution in [0.2, 0.25) is 0 Å². The number of fused-ring (bicyclic) bond motifs is 4. The molecule has 0 saturated carbocycles. The second-order valence-electron chi connectivity index (χ2n) is 6.61. The Morgan fingerprint density at radius 2 is 2.14 bits per heavy atom. The van der Waals surface area contributed by atoms with Crippen molar-refractivity contribution in [3.8, 4) is 0 Å². The number of hydrogen-bond acceptors (Lipinski definition) is 3. The summed E-state index contributed by atoms with van der Waals surface area (Å²) in [6, 6.07) is 9.42. The minimum atomic E-state index is 0.518. The van der Waals surface area contributed by atoms with E-state index >= 15 is 0 Å². The highest BCUT2D eigenvalue weighted by molar-refractivity contribution is 5.79. The number of rotatable bonds is 2. The van der Waals surface area contributed by atoms with Crippen LogP contribution in [0.1, 0.15) is 5.56 Å². The molecule has 2 fully saturated rings. The van der Waals surface area contributed by atoms with Gasteiger partial charge in [-0.15, -0.1) is 0 Å². The summed E-state index contributed by atoms with van der Waals surface area (Å²) in [5, 5.41) is 1.30. The predicted molar refractivity (Wildman–Crippen MR) is 84.3 cm³/mol. The third kappa shape index (κ3) is 2.71. The van der Waals surface area contributed by atoms with Gasteiger partial charge in [0.2, 0.25) is 0 Å². The highest BCUT2D eigenvalue weighted by Crippen LogP contribution is 2.22. The van der Waals surface area contributed by atoms with Gasteiger partial charge in [0.15, 0.2) is 0 Å². The van der Waals surface area contributed by atoms with E-state index in [4.69, 9.17) is 4.74 Å². The molecule has 2 aliphatic heterocycles. The molecular formula is C17H23N3O. The summed E-state index contributed by atoms with van der Waals surface area (Å²) in [6.07, 6.45) is 2.01. The molecule has 1 aromatic carbocycles. The number of nitrogens with zero attached hydrogens (tertiary/aromatic N) is 2. The van der Waals surface area contributed by atoms with Crippen LogP contribution in [-0.2, 0) is 11.3 Å². The lowest BCUT2D eigenvalue weighted by Crippen LogP contribution is -2.42. The Morgan fingerprint density at radius 3 is 3.10 bits per heavy atom. The zero-order valence-corrected chi connectivity index (χ0v) is 12.6. The van der Waals surface area contributed by atoms with E-state index in [1.807, 2.05) is 6.20 Å². The molecule has 3 heterocycles. The first-order valence-electron chi connectivity index (χ1n) is 7.84. The molecule has 2 saturated heterocycles. The Bertz CT molecular complexity index is 623. The van der Waals surface area contributed by atoms with E-state index < -0.39 is 0 Å². The van der Waals surface area contributed by atoms with E-state index in [-0.39, 0.29) is 0 Å². The molecule has 4 rings (SSSR count). The van der Waals surface area contributed by atoms with Gasteiger partial charge in [0.05, 0.1) is 13.2 Å². The first kappa shape index (κ1) is 13.3. The smallest absolute Gasteiger partial charge is 0.0634 e. The topological polar surface area (TPSA) is 31.5 Å². The van der Waals surface area contributed by atoms with Gasteiger partial charge in [-0.05, 0) is 36.2 Å². The second-order valence-corrected chi connectivity index (χ2v) is 6.61. The summed E-state index contributed by atoms with van der Waals surface area (Å²) in [4.78, 5) is 8.35. The SMILES string of the molecule is CN1C[C@@H]2COC[C@H](C1)N(Cc1ccc3[nH]ccc3c1)C2. The first-order valence-corrected chi connectivity index (χ1v) is 7.84. The Labute approximate surface area is 125 Å². The van der Waals surface area contributed by atoms with E-state index in [2.05, 4.69) is 46.1 Å². The number of aromatic amines is 1. The molecule has 2 aliphatic rings. The average molecular weight is 285 g/mol. The van der Waals surface area contributed by atoms with Crippen molar-refractivity contribution in [2.45, 2.75) is 12.6 Å². The van der Waals surface area contributed by atoms with Crippen LogP contribution in [0.5, 0.6) is 0 Å². The molecule has 2 bridgehead atoms. The van der Waals surface area contributed by atoms with Crippen molar-refractivity contribution in [1.82, 2.24) is 14.8 Å². The summed E-state index contributed by atoms with van der Waals surface area (Å²) in [6.45, 7) is 6.23. The zero-order chi connectivity index (χ0) is 14.2. The standard InChI is InChI=1S/C17H23N3O/c1-19-7-14-9-20(16(10-19)12-21-11-14)8-13-2-3-17-15(6-13)4-5-18-17/h2-6,14,16,18H,7-12H2,1H3/t14-,16-/m0/s1. The molecular weight excluding hydrogens is 262 g/mol. The van der Waals surface area contributed by atoms with Crippen LogP contribution in [0, 0.1) is 5.92 Å². The van der Waals surface area contributed by atoms with E-state index in [1.54, 1.807) is 0 Å². The van der Waals surface area contributed by atoms with Crippen LogP contribution in [0.25, 0.3) is 10.9 Å². The number of benzene rings is 1. The van der Waals surface area contributed by atoms with Crippen LogP contribution in [0.15, 0.2) is 30.5 Å². The number of H-pyrrole nitrogens is 1. The normalized spacial score (nSPS) is 27.9. The van der Waals surface area contributed by atoms with E-state index in [0.29, 0.717) is 12.0 Å². The molecule has 1 aromatic heterocycles. The van der Waals surface area contributed by atoms with Crippen molar-refractivity contribution in [3.05, 3.63) is 36.0 Å². The highest BCUT2D eigenvalue weighted by atomic mass is 16.5. The molecule has 2 atom stereocenters. The Morgan fingerprint density at radius 1 is 1.19 bits per heavy atom. The maximum atomic E-state index is 5.86. The summed E-state index contributed by atoms with van der Waals surface area (Å²) in [7, 11) is 2.24. The van der Waals surface area contributed by atoms with Gasteiger partial charge >= 0.3 is 0 Å². The van der Waals surface area contributed by atoms with Gasteiger partial charge in [0, 0.05) is 49.9 Å². The van der Waals surface area contributed by atoms with E-state index in [1.165, 1.54) is 16.5 Å². The van der Waals surface area contributed by atoms with Gasteiger partial charge in [0.1, 0.15) is 0 Å². The highest BCUT2D eigenvalue weighted by Gasteiger charge is 2.31. The summed E-state index contributed by atoms with van der Waals surface area (Å²) < 4.78 is 5.86. The number of aromatic nitrogens is 1. The van der Waals surface area contributed by atoms with Crippen molar-refractivity contribution in [2.75, 3.05) is 39.9 Å². The molecule has 0 amide bonds. The van der Waals surface area contributed by atoms with Crippen LogP contribution in [0.3, 0.4) is 0 Å². The Balaban J connectivity index is 1.57. The van der Waals surface area contributed by atoms with Crippen molar-refractivity contribution >= 4 is 10.9 Å². The maximum Gasteiger partial charge on any atom is 0.0634 e. The largest absolute Gasteiger partial charge is 0.379 e. The van der Waals surface area contributed by atoms with Crippen LogP contribution < -0.4 is 0 Å². The van der Waals surface area contributed by atoms with Crippen molar-refractivity contribution in [1.29, 1.82) is 0 Å². The lowest BCUT2D eigenvalue weighted by atomic mass is 10.1. The lowest BCUT2D eigenvalue weighted by Gasteiger charge is -2.29. The van der Waals surface area contributed by atoms with E-state index in [0.717, 1.165) is 39.4 Å². The number of nitrogens with one attached hydrogen (secondary N) is 1. The van der Waals surface area contributed by atoms with E-state index in [9.17, 15) is 0 Å². The summed E-state index contributed by atoms with van der Waals surface area (Å²) in [5.74, 6) is 0.637.